The van der Waals surface area contributed by atoms with Gasteiger partial charge in [-0.05, 0) is 91.6 Å². The summed E-state index contributed by atoms with van der Waals surface area (Å²) in [5, 5.41) is 9.76. The van der Waals surface area contributed by atoms with E-state index in [0.29, 0.717) is 22.6 Å². The maximum atomic E-state index is 13.8. The molecule has 0 saturated heterocycles. The molecule has 0 bridgehead atoms. The summed E-state index contributed by atoms with van der Waals surface area (Å²) >= 11 is 1.63. The van der Waals surface area contributed by atoms with Crippen LogP contribution in [0, 0.1) is 13.8 Å². The van der Waals surface area contributed by atoms with Crippen molar-refractivity contribution >= 4 is 22.7 Å². The molecule has 1 atom stereocenters. The summed E-state index contributed by atoms with van der Waals surface area (Å²) in [6, 6.07) is 18.0. The molecule has 4 aromatic rings. The number of benzene rings is 3. The molecule has 4 rings (SSSR count). The Bertz CT molecular complexity index is 1390. The van der Waals surface area contributed by atoms with Gasteiger partial charge in [-0.1, -0.05) is 26.0 Å². The molecule has 0 aliphatic carbocycles. The zero-order valence-corrected chi connectivity index (χ0v) is 21.8. The van der Waals surface area contributed by atoms with Gasteiger partial charge in [0.05, 0.1) is 23.2 Å². The van der Waals surface area contributed by atoms with Gasteiger partial charge in [-0.2, -0.15) is 0 Å². The van der Waals surface area contributed by atoms with E-state index in [1.807, 2.05) is 62.6 Å². The Morgan fingerprint density at radius 1 is 1.06 bits per heavy atom. The molecule has 1 unspecified atom stereocenters. The first kappa shape index (κ1) is 25.0. The van der Waals surface area contributed by atoms with Gasteiger partial charge in [0.2, 0.25) is 0 Å². The van der Waals surface area contributed by atoms with Gasteiger partial charge in [0.15, 0.2) is 0 Å². The molecule has 35 heavy (non-hydrogen) atoms. The highest BCUT2D eigenvalue weighted by Crippen LogP contribution is 2.31. The van der Waals surface area contributed by atoms with E-state index >= 15 is 0 Å². The minimum absolute atomic E-state index is 0.0448. The number of thioether (sulfide) groups is 1. The molecule has 6 heteroatoms. The molecular formula is C29H32N2O3S. The van der Waals surface area contributed by atoms with Crippen LogP contribution in [0.4, 0.5) is 0 Å². The van der Waals surface area contributed by atoms with Crippen LogP contribution in [-0.2, 0) is 0 Å². The van der Waals surface area contributed by atoms with Crippen molar-refractivity contribution in [1.29, 1.82) is 0 Å². The molecular weight excluding hydrogens is 456 g/mol. The molecule has 1 heterocycles. The Kier molecular flexibility index (Phi) is 7.63. The predicted molar refractivity (Wildman–Crippen MR) is 145 cm³/mol. The number of rotatable bonds is 8. The Labute approximate surface area is 210 Å². The number of nitrogens with zero attached hydrogens (tertiary/aromatic N) is 2. The van der Waals surface area contributed by atoms with Crippen LogP contribution >= 0.6 is 11.8 Å². The lowest BCUT2D eigenvalue weighted by molar-refractivity contribution is 0.200. The number of fused-ring (bicyclic) bond motifs is 1. The van der Waals surface area contributed by atoms with Gasteiger partial charge in [0.25, 0.3) is 5.56 Å². The van der Waals surface area contributed by atoms with Crippen LogP contribution in [0.25, 0.3) is 28.0 Å². The van der Waals surface area contributed by atoms with E-state index in [9.17, 15) is 9.90 Å². The first-order chi connectivity index (χ1) is 16.9. The van der Waals surface area contributed by atoms with Crippen molar-refractivity contribution in [3.05, 3.63) is 81.6 Å². The molecule has 1 aromatic heterocycles. The highest BCUT2D eigenvalue weighted by molar-refractivity contribution is 7.98. The van der Waals surface area contributed by atoms with Crippen LogP contribution in [0.15, 0.2) is 64.3 Å². The monoisotopic (exact) mass is 488 g/mol. The molecule has 0 aliphatic rings. The largest absolute Gasteiger partial charge is 0.491 e. The second-order valence-corrected chi connectivity index (χ2v) is 9.75. The van der Waals surface area contributed by atoms with Gasteiger partial charge in [0, 0.05) is 10.5 Å². The lowest BCUT2D eigenvalue weighted by Gasteiger charge is -2.18. The Morgan fingerprint density at radius 3 is 2.34 bits per heavy atom. The van der Waals surface area contributed by atoms with Crippen LogP contribution in [0.3, 0.4) is 0 Å². The lowest BCUT2D eigenvalue weighted by atomic mass is 9.98. The van der Waals surface area contributed by atoms with E-state index in [1.54, 1.807) is 16.3 Å². The van der Waals surface area contributed by atoms with Crippen molar-refractivity contribution in [2.75, 3.05) is 19.5 Å². The number of aliphatic hydroxyl groups excluding tert-OH is 1. The number of hydrogen-bond acceptors (Lipinski definition) is 5. The number of hydrogen-bond donors (Lipinski definition) is 1. The minimum Gasteiger partial charge on any atom is -0.491 e. The quantitative estimate of drug-likeness (QED) is 0.296. The molecule has 182 valence electrons. The Hall–Kier alpha value is -3.09. The summed E-state index contributed by atoms with van der Waals surface area (Å²) in [4.78, 5) is 19.9. The lowest BCUT2D eigenvalue weighted by Crippen LogP contribution is -2.22. The Balaban J connectivity index is 1.97. The van der Waals surface area contributed by atoms with Gasteiger partial charge in [-0.25, -0.2) is 4.98 Å². The second-order valence-electron chi connectivity index (χ2n) is 8.87. The van der Waals surface area contributed by atoms with Gasteiger partial charge in [-0.15, -0.1) is 11.8 Å². The molecule has 0 radical (unpaired) electrons. The summed E-state index contributed by atoms with van der Waals surface area (Å²) in [5.41, 5.74) is 5.33. The van der Waals surface area contributed by atoms with E-state index in [-0.39, 0.29) is 18.8 Å². The first-order valence-electron chi connectivity index (χ1n) is 11.9. The standard InChI is InChI=1S/C29H32N2O3S/c1-6-18(2)21-7-9-23(10-8-21)31-28(22-15-19(3)27(20(4)16-22)34-14-13-32)30-26-17-24(35-5)11-12-25(26)29(31)33/h7-12,15-18,32H,6,13-14H2,1-5H3. The second kappa shape index (κ2) is 10.7. The first-order valence-corrected chi connectivity index (χ1v) is 13.2. The van der Waals surface area contributed by atoms with Crippen LogP contribution in [0.2, 0.25) is 0 Å². The number of aryl methyl sites for hydroxylation is 2. The number of ether oxygens (including phenoxy) is 1. The highest BCUT2D eigenvalue weighted by atomic mass is 32.2. The molecule has 1 N–H and O–H groups in total. The fourth-order valence-corrected chi connectivity index (χ4v) is 4.80. The van der Waals surface area contributed by atoms with Crippen molar-refractivity contribution in [3.63, 3.8) is 0 Å². The third kappa shape index (κ3) is 5.00. The smallest absolute Gasteiger partial charge is 0.266 e. The molecule has 0 spiro atoms. The fraction of sp³-hybridized carbons (Fsp3) is 0.310. The third-order valence-electron chi connectivity index (χ3n) is 6.47. The summed E-state index contributed by atoms with van der Waals surface area (Å²) in [6.45, 7) is 8.52. The maximum absolute atomic E-state index is 13.8. The average molecular weight is 489 g/mol. The molecule has 5 nitrogen and oxygen atoms in total. The van der Waals surface area contributed by atoms with Crippen molar-refractivity contribution < 1.29 is 9.84 Å². The molecule has 0 aliphatic heterocycles. The van der Waals surface area contributed by atoms with E-state index in [1.165, 1.54) is 5.56 Å². The van der Waals surface area contributed by atoms with Gasteiger partial charge >= 0.3 is 0 Å². The fourth-order valence-electron chi connectivity index (χ4n) is 4.37. The van der Waals surface area contributed by atoms with E-state index < -0.39 is 0 Å². The summed E-state index contributed by atoms with van der Waals surface area (Å²) < 4.78 is 7.46. The number of aliphatic hydroxyl groups is 1. The summed E-state index contributed by atoms with van der Waals surface area (Å²) in [6.07, 6.45) is 3.07. The van der Waals surface area contributed by atoms with E-state index in [0.717, 1.165) is 39.4 Å². The molecule has 0 saturated carbocycles. The van der Waals surface area contributed by atoms with E-state index in [2.05, 4.69) is 26.0 Å². The number of aromatic nitrogens is 2. The summed E-state index contributed by atoms with van der Waals surface area (Å²) in [7, 11) is 0. The van der Waals surface area contributed by atoms with Crippen LogP contribution in [0.5, 0.6) is 5.75 Å². The molecule has 0 fully saturated rings. The van der Waals surface area contributed by atoms with E-state index in [4.69, 9.17) is 9.72 Å². The van der Waals surface area contributed by atoms with Crippen LogP contribution in [0.1, 0.15) is 42.9 Å². The molecule has 0 amide bonds. The zero-order valence-electron chi connectivity index (χ0n) is 21.0. The topological polar surface area (TPSA) is 64.3 Å². The van der Waals surface area contributed by atoms with Crippen molar-refractivity contribution in [2.24, 2.45) is 0 Å². The third-order valence-corrected chi connectivity index (χ3v) is 7.19. The van der Waals surface area contributed by atoms with Crippen molar-refractivity contribution in [1.82, 2.24) is 9.55 Å². The molecule has 3 aromatic carbocycles. The van der Waals surface area contributed by atoms with Gasteiger partial charge in [-0.3, -0.25) is 9.36 Å². The van der Waals surface area contributed by atoms with Crippen LogP contribution < -0.4 is 10.3 Å². The normalized spacial score (nSPS) is 12.2. The minimum atomic E-state index is -0.0927. The SMILES string of the molecule is CCC(C)c1ccc(-n2c(-c3cc(C)c(OCCO)c(C)c3)nc3cc(SC)ccc3c2=O)cc1. The average Bonchev–Trinajstić information content (AvgIpc) is 2.87. The predicted octanol–water partition coefficient (Wildman–Crippen LogP) is 6.28. The van der Waals surface area contributed by atoms with Crippen molar-refractivity contribution in [3.8, 4) is 22.8 Å². The zero-order chi connectivity index (χ0) is 25.1. The van der Waals surface area contributed by atoms with Crippen LogP contribution in [-0.4, -0.2) is 34.1 Å². The van der Waals surface area contributed by atoms with Gasteiger partial charge < -0.3 is 9.84 Å². The highest BCUT2D eigenvalue weighted by Gasteiger charge is 2.18. The van der Waals surface area contributed by atoms with Crippen molar-refractivity contribution in [2.45, 2.75) is 44.9 Å². The maximum Gasteiger partial charge on any atom is 0.266 e. The summed E-state index contributed by atoms with van der Waals surface area (Å²) in [5.74, 6) is 1.80. The Morgan fingerprint density at radius 2 is 1.74 bits per heavy atom. The van der Waals surface area contributed by atoms with Gasteiger partial charge in [0.1, 0.15) is 18.2 Å².